The van der Waals surface area contributed by atoms with Crippen LogP contribution in [0.5, 0.6) is 0 Å². The predicted octanol–water partition coefficient (Wildman–Crippen LogP) is 3.85. The normalized spacial score (nSPS) is 10.7. The SMILES string of the molecule is O=C(c1ccccc1)c1[c][nH]c2cccc(Cl)c12. The lowest BCUT2D eigenvalue weighted by molar-refractivity contribution is 0.104. The molecule has 3 rings (SSSR count). The van der Waals surface area contributed by atoms with Crippen molar-refractivity contribution in [3.8, 4) is 0 Å². The van der Waals surface area contributed by atoms with Gasteiger partial charge in [0.25, 0.3) is 0 Å². The molecule has 0 saturated carbocycles. The summed E-state index contributed by atoms with van der Waals surface area (Å²) >= 11 is 6.14. The molecule has 18 heavy (non-hydrogen) atoms. The van der Waals surface area contributed by atoms with Crippen LogP contribution in [-0.2, 0) is 0 Å². The number of benzene rings is 2. The summed E-state index contributed by atoms with van der Waals surface area (Å²) in [7, 11) is 0. The average molecular weight is 255 g/mol. The minimum absolute atomic E-state index is 0.0741. The third kappa shape index (κ3) is 1.71. The minimum Gasteiger partial charge on any atom is -0.353 e. The molecule has 0 bridgehead atoms. The van der Waals surface area contributed by atoms with Crippen LogP contribution in [-0.4, -0.2) is 10.8 Å². The Kier molecular flexibility index (Phi) is 2.65. The van der Waals surface area contributed by atoms with Gasteiger partial charge in [-0.15, -0.1) is 0 Å². The second-order valence-electron chi connectivity index (χ2n) is 3.98. The fourth-order valence-electron chi connectivity index (χ4n) is 1.98. The highest BCUT2D eigenvalue weighted by Gasteiger charge is 2.16. The van der Waals surface area contributed by atoms with Gasteiger partial charge in [0.15, 0.2) is 5.78 Å². The quantitative estimate of drug-likeness (QED) is 0.692. The number of hydrogen-bond donors (Lipinski definition) is 1. The topological polar surface area (TPSA) is 32.9 Å². The summed E-state index contributed by atoms with van der Waals surface area (Å²) in [5.41, 5.74) is 1.94. The summed E-state index contributed by atoms with van der Waals surface area (Å²) in [4.78, 5) is 15.3. The van der Waals surface area contributed by atoms with Crippen LogP contribution in [0.2, 0.25) is 5.02 Å². The maximum absolute atomic E-state index is 12.4. The highest BCUT2D eigenvalue weighted by molar-refractivity contribution is 6.37. The molecule has 2 aromatic carbocycles. The average Bonchev–Trinajstić information content (AvgIpc) is 2.84. The number of hydrogen-bond acceptors (Lipinski definition) is 1. The van der Waals surface area contributed by atoms with Gasteiger partial charge in [-0.2, -0.15) is 0 Å². The lowest BCUT2D eigenvalue weighted by atomic mass is 10.0. The van der Waals surface area contributed by atoms with Crippen LogP contribution in [0.4, 0.5) is 0 Å². The molecule has 0 unspecified atom stereocenters. The Labute approximate surface area is 109 Å². The summed E-state index contributed by atoms with van der Waals surface area (Å²) in [6.45, 7) is 0. The fourth-order valence-corrected chi connectivity index (χ4v) is 2.25. The lowest BCUT2D eigenvalue weighted by Crippen LogP contribution is -2.00. The van der Waals surface area contributed by atoms with Crippen molar-refractivity contribution in [2.24, 2.45) is 0 Å². The first kappa shape index (κ1) is 11.1. The Balaban J connectivity index is 2.19. The predicted molar refractivity (Wildman–Crippen MR) is 72.0 cm³/mol. The summed E-state index contributed by atoms with van der Waals surface area (Å²) in [6.07, 6.45) is 2.89. The fraction of sp³-hybridized carbons (Fsp3) is 0. The first-order valence-corrected chi connectivity index (χ1v) is 5.93. The molecule has 1 N–H and O–H groups in total. The summed E-state index contributed by atoms with van der Waals surface area (Å²) < 4.78 is 0. The molecular weight excluding hydrogens is 246 g/mol. The van der Waals surface area contributed by atoms with E-state index in [0.29, 0.717) is 16.1 Å². The van der Waals surface area contributed by atoms with E-state index in [2.05, 4.69) is 11.2 Å². The molecule has 1 heterocycles. The Morgan fingerprint density at radius 2 is 1.83 bits per heavy atom. The molecule has 1 aromatic heterocycles. The second kappa shape index (κ2) is 4.31. The molecule has 3 aromatic rings. The zero-order valence-corrected chi connectivity index (χ0v) is 10.2. The van der Waals surface area contributed by atoms with E-state index >= 15 is 0 Å². The van der Waals surface area contributed by atoms with Gasteiger partial charge in [-0.05, 0) is 12.1 Å². The number of nitrogens with one attached hydrogen (secondary N) is 1. The van der Waals surface area contributed by atoms with Gasteiger partial charge < -0.3 is 4.98 Å². The van der Waals surface area contributed by atoms with Crippen molar-refractivity contribution < 1.29 is 4.79 Å². The van der Waals surface area contributed by atoms with Crippen molar-refractivity contribution in [1.82, 2.24) is 4.98 Å². The lowest BCUT2D eigenvalue weighted by Gasteiger charge is -2.00. The first-order chi connectivity index (χ1) is 8.77. The van der Waals surface area contributed by atoms with Crippen LogP contribution >= 0.6 is 11.6 Å². The Bertz CT molecular complexity index is 716. The Morgan fingerprint density at radius 1 is 1.06 bits per heavy atom. The Morgan fingerprint density at radius 3 is 2.61 bits per heavy atom. The van der Waals surface area contributed by atoms with Crippen LogP contribution in [0.1, 0.15) is 15.9 Å². The van der Waals surface area contributed by atoms with Gasteiger partial charge >= 0.3 is 0 Å². The van der Waals surface area contributed by atoms with Crippen molar-refractivity contribution in [2.45, 2.75) is 0 Å². The molecule has 0 aliphatic carbocycles. The van der Waals surface area contributed by atoms with Crippen molar-refractivity contribution >= 4 is 28.3 Å². The van der Waals surface area contributed by atoms with Gasteiger partial charge in [0.2, 0.25) is 0 Å². The Hall–Kier alpha value is -2.06. The van der Waals surface area contributed by atoms with Gasteiger partial charge in [0.1, 0.15) is 0 Å². The van der Waals surface area contributed by atoms with Gasteiger partial charge in [0, 0.05) is 16.5 Å². The molecule has 0 atom stereocenters. The maximum atomic E-state index is 12.4. The van der Waals surface area contributed by atoms with Crippen LogP contribution in [0.15, 0.2) is 48.5 Å². The maximum Gasteiger partial charge on any atom is 0.195 e. The summed E-state index contributed by atoms with van der Waals surface area (Å²) in [6, 6.07) is 14.6. The molecule has 0 spiro atoms. The minimum atomic E-state index is -0.0741. The number of ketones is 1. The third-order valence-corrected chi connectivity index (χ3v) is 3.16. The number of H-pyrrole nitrogens is 1. The van der Waals surface area contributed by atoms with Gasteiger partial charge in [-0.3, -0.25) is 4.79 Å². The number of halogens is 1. The summed E-state index contributed by atoms with van der Waals surface area (Å²) in [5.74, 6) is -0.0741. The van der Waals surface area contributed by atoms with Gasteiger partial charge in [0.05, 0.1) is 16.8 Å². The molecule has 0 amide bonds. The van der Waals surface area contributed by atoms with Crippen molar-refractivity contribution in [3.63, 3.8) is 0 Å². The van der Waals surface area contributed by atoms with E-state index < -0.39 is 0 Å². The van der Waals surface area contributed by atoms with E-state index in [1.165, 1.54) is 0 Å². The van der Waals surface area contributed by atoms with E-state index in [9.17, 15) is 4.79 Å². The number of carbonyl (C=O) groups is 1. The van der Waals surface area contributed by atoms with E-state index in [0.717, 1.165) is 10.9 Å². The molecule has 3 heteroatoms. The molecule has 87 valence electrons. The van der Waals surface area contributed by atoms with Crippen LogP contribution in [0.25, 0.3) is 10.9 Å². The van der Waals surface area contributed by atoms with E-state index in [4.69, 9.17) is 11.6 Å². The van der Waals surface area contributed by atoms with Gasteiger partial charge in [-0.1, -0.05) is 48.0 Å². The van der Waals surface area contributed by atoms with E-state index in [-0.39, 0.29) is 5.78 Å². The third-order valence-electron chi connectivity index (χ3n) is 2.85. The number of aromatic nitrogens is 1. The second-order valence-corrected chi connectivity index (χ2v) is 4.39. The number of aromatic amines is 1. The summed E-state index contributed by atoms with van der Waals surface area (Å²) in [5, 5.41) is 1.29. The zero-order chi connectivity index (χ0) is 12.5. The monoisotopic (exact) mass is 254 g/mol. The largest absolute Gasteiger partial charge is 0.353 e. The molecule has 0 saturated heterocycles. The highest BCUT2D eigenvalue weighted by Crippen LogP contribution is 2.27. The van der Waals surface area contributed by atoms with E-state index in [1.807, 2.05) is 30.3 Å². The molecule has 0 fully saturated rings. The molecule has 1 radical (unpaired) electrons. The molecule has 0 aliphatic rings. The highest BCUT2D eigenvalue weighted by atomic mass is 35.5. The van der Waals surface area contributed by atoms with Crippen LogP contribution < -0.4 is 0 Å². The van der Waals surface area contributed by atoms with Gasteiger partial charge in [-0.25, -0.2) is 0 Å². The van der Waals surface area contributed by atoms with Crippen LogP contribution in [0.3, 0.4) is 0 Å². The molecule has 2 nitrogen and oxygen atoms in total. The molecular formula is C15H9ClNO. The standard InChI is InChI=1S/C15H9ClNO/c16-12-7-4-8-13-14(12)11(9-17-13)15(18)10-5-2-1-3-6-10/h1-8,17H. The molecule has 0 aliphatic heterocycles. The number of fused-ring (bicyclic) bond motifs is 1. The van der Waals surface area contributed by atoms with Crippen molar-refractivity contribution in [1.29, 1.82) is 0 Å². The van der Waals surface area contributed by atoms with E-state index in [1.54, 1.807) is 18.2 Å². The van der Waals surface area contributed by atoms with Crippen LogP contribution in [0, 0.1) is 6.20 Å². The number of carbonyl (C=O) groups excluding carboxylic acids is 1. The number of rotatable bonds is 2. The van der Waals surface area contributed by atoms with Crippen molar-refractivity contribution in [2.75, 3.05) is 0 Å². The zero-order valence-electron chi connectivity index (χ0n) is 9.41. The van der Waals surface area contributed by atoms with Crippen molar-refractivity contribution in [3.05, 3.63) is 70.9 Å². The smallest absolute Gasteiger partial charge is 0.195 e. The first-order valence-electron chi connectivity index (χ1n) is 5.55.